The van der Waals surface area contributed by atoms with Crippen LogP contribution in [-0.4, -0.2) is 140 Å². The molecule has 3 amide bonds. The molecule has 2 aliphatic rings. The number of carbonyl (C=O) groups is 5. The fourth-order valence-corrected chi connectivity index (χ4v) is 6.47. The van der Waals surface area contributed by atoms with Crippen LogP contribution in [0.25, 0.3) is 0 Å². The highest BCUT2D eigenvalue weighted by molar-refractivity contribution is 6.01. The Labute approximate surface area is 344 Å². The van der Waals surface area contributed by atoms with Crippen molar-refractivity contribution in [2.45, 2.75) is 51.3 Å². The van der Waals surface area contributed by atoms with E-state index in [4.69, 9.17) is 33.2 Å². The minimum atomic E-state index is -0.988. The average molecular weight is 842 g/mol. The second kappa shape index (κ2) is 19.2. The second-order valence-electron chi connectivity index (χ2n) is 14.6. The number of benzene rings is 2. The third-order valence-corrected chi connectivity index (χ3v) is 9.28. The first-order chi connectivity index (χ1) is 28.2. The lowest BCUT2D eigenvalue weighted by molar-refractivity contribution is -0.386. The molecular formula is C39H47N5O16. The molecule has 2 heterocycles. The van der Waals surface area contributed by atoms with Crippen LogP contribution in [0.2, 0.25) is 0 Å². The Morgan fingerprint density at radius 1 is 0.700 bits per heavy atom. The lowest BCUT2D eigenvalue weighted by Crippen LogP contribution is -2.41. The largest absolute Gasteiger partial charge is 0.496 e. The van der Waals surface area contributed by atoms with Gasteiger partial charge in [0.15, 0.2) is 0 Å². The second-order valence-corrected chi connectivity index (χ2v) is 14.6. The third-order valence-electron chi connectivity index (χ3n) is 9.28. The Morgan fingerprint density at radius 2 is 1.08 bits per heavy atom. The first-order valence-corrected chi connectivity index (χ1v) is 18.3. The Balaban J connectivity index is 1.55. The number of nitro benzene ring substituents is 2. The van der Waals surface area contributed by atoms with Crippen molar-refractivity contribution in [3.8, 4) is 23.0 Å². The minimum Gasteiger partial charge on any atom is -0.496 e. The zero-order valence-electron chi connectivity index (χ0n) is 34.3. The van der Waals surface area contributed by atoms with Crippen LogP contribution in [0.5, 0.6) is 23.0 Å². The van der Waals surface area contributed by atoms with Gasteiger partial charge in [-0.2, -0.15) is 0 Å². The fourth-order valence-electron chi connectivity index (χ4n) is 6.47. The molecule has 2 aromatic rings. The van der Waals surface area contributed by atoms with Crippen LogP contribution in [0.4, 0.5) is 16.2 Å². The van der Waals surface area contributed by atoms with Gasteiger partial charge < -0.3 is 47.9 Å². The van der Waals surface area contributed by atoms with Crippen molar-refractivity contribution in [2.75, 3.05) is 67.8 Å². The number of amides is 3. The number of nitro groups is 2. The van der Waals surface area contributed by atoms with E-state index in [1.54, 1.807) is 20.8 Å². The van der Waals surface area contributed by atoms with E-state index in [0.717, 1.165) is 29.2 Å². The summed E-state index contributed by atoms with van der Waals surface area (Å²) in [5.74, 6) is -3.66. The van der Waals surface area contributed by atoms with Crippen LogP contribution in [-0.2, 0) is 23.8 Å². The molecule has 0 aromatic heterocycles. The van der Waals surface area contributed by atoms with Crippen molar-refractivity contribution in [1.82, 2.24) is 14.7 Å². The van der Waals surface area contributed by atoms with Crippen molar-refractivity contribution in [3.63, 3.8) is 0 Å². The molecule has 0 bridgehead atoms. The van der Waals surface area contributed by atoms with Gasteiger partial charge in [-0.15, -0.1) is 0 Å². The molecule has 60 heavy (non-hydrogen) atoms. The summed E-state index contributed by atoms with van der Waals surface area (Å²) in [5, 5.41) is 24.4. The lowest BCUT2D eigenvalue weighted by atomic mass is 10.1. The molecule has 0 saturated carbocycles. The van der Waals surface area contributed by atoms with E-state index in [0.29, 0.717) is 11.1 Å². The van der Waals surface area contributed by atoms with Gasteiger partial charge in [-0.3, -0.25) is 29.8 Å². The number of carbonyl (C=O) groups excluding carboxylic acids is 5. The Morgan fingerprint density at radius 3 is 1.40 bits per heavy atom. The molecule has 2 aromatic carbocycles. The summed E-state index contributed by atoms with van der Waals surface area (Å²) >= 11 is 0. The summed E-state index contributed by atoms with van der Waals surface area (Å²) in [5.41, 5.74) is -1.46. The Kier molecular flexibility index (Phi) is 14.7. The highest BCUT2D eigenvalue weighted by Crippen LogP contribution is 2.38. The molecule has 0 radical (unpaired) electrons. The van der Waals surface area contributed by atoms with E-state index < -0.39 is 68.8 Å². The SMILES string of the molecule is C=C1CC(C(=O)OC)N(C(=O)c2cc([N+](=O)[O-])c(OCCN(CCOc3cc(OC)c(C(=O)N4CC(=C)CC4C(=O)OC)cc3[N+](=O)[O-])C(=O)OC(C)(C)C)cc2OC)C1. The zero-order chi connectivity index (χ0) is 44.6. The van der Waals surface area contributed by atoms with Crippen LogP contribution >= 0.6 is 0 Å². The number of likely N-dealkylation sites (tertiary alicyclic amines) is 2. The molecule has 21 nitrogen and oxygen atoms in total. The van der Waals surface area contributed by atoms with Gasteiger partial charge in [0.2, 0.25) is 11.5 Å². The number of hydrogen-bond acceptors (Lipinski definition) is 16. The number of hydrogen-bond donors (Lipinski definition) is 0. The van der Waals surface area contributed by atoms with Crippen molar-refractivity contribution >= 4 is 41.2 Å². The maximum atomic E-state index is 13.6. The minimum absolute atomic E-state index is 0.0122. The van der Waals surface area contributed by atoms with E-state index in [-0.39, 0.29) is 86.4 Å². The van der Waals surface area contributed by atoms with E-state index in [1.807, 2.05) is 0 Å². The number of methoxy groups -OCH3 is 4. The summed E-state index contributed by atoms with van der Waals surface area (Å²) < 4.78 is 37.5. The van der Waals surface area contributed by atoms with Gasteiger partial charge in [-0.1, -0.05) is 24.3 Å². The molecule has 2 aliphatic heterocycles. The van der Waals surface area contributed by atoms with Crippen molar-refractivity contribution in [2.24, 2.45) is 0 Å². The van der Waals surface area contributed by atoms with Gasteiger partial charge in [0.05, 0.1) is 62.5 Å². The number of rotatable bonds is 16. The summed E-state index contributed by atoms with van der Waals surface area (Å²) in [7, 11) is 4.82. The molecule has 2 saturated heterocycles. The number of nitrogens with zero attached hydrogens (tertiary/aromatic N) is 5. The first kappa shape index (κ1) is 45.8. The predicted molar refractivity (Wildman–Crippen MR) is 209 cm³/mol. The summed E-state index contributed by atoms with van der Waals surface area (Å²) in [4.78, 5) is 91.7. The topological polar surface area (TPSA) is 246 Å². The van der Waals surface area contributed by atoms with Crippen LogP contribution < -0.4 is 18.9 Å². The zero-order valence-corrected chi connectivity index (χ0v) is 34.3. The van der Waals surface area contributed by atoms with Gasteiger partial charge in [0.1, 0.15) is 42.4 Å². The van der Waals surface area contributed by atoms with Crippen molar-refractivity contribution in [3.05, 3.63) is 79.9 Å². The van der Waals surface area contributed by atoms with E-state index in [1.165, 1.54) is 38.2 Å². The van der Waals surface area contributed by atoms with E-state index in [9.17, 15) is 44.2 Å². The number of esters is 2. The highest BCUT2D eigenvalue weighted by atomic mass is 16.6. The van der Waals surface area contributed by atoms with Crippen LogP contribution in [0.1, 0.15) is 54.3 Å². The van der Waals surface area contributed by atoms with Crippen LogP contribution in [0, 0.1) is 20.2 Å². The highest BCUT2D eigenvalue weighted by Gasteiger charge is 2.40. The standard InChI is InChI=1S/C39H47N5O16/c1-22-14-28(36(47)56-8)41(20-22)34(45)24-16-26(43(50)51)32(18-30(24)54-6)58-12-10-40(38(49)60-39(3,4)5)11-13-59-33-19-31(55-7)25(17-27(33)44(52)53)35(46)42-21-23(2)15-29(42)37(48)57-9/h16-19,28-29H,1-2,10-15,20-21H2,3-9H3. The maximum absolute atomic E-state index is 13.6. The van der Waals surface area contributed by atoms with Crippen molar-refractivity contribution in [1.29, 1.82) is 0 Å². The van der Waals surface area contributed by atoms with Gasteiger partial charge in [-0.25, -0.2) is 14.4 Å². The molecule has 21 heteroatoms. The smallest absolute Gasteiger partial charge is 0.410 e. The van der Waals surface area contributed by atoms with Gasteiger partial charge in [-0.05, 0) is 20.8 Å². The number of ether oxygens (including phenoxy) is 7. The molecule has 2 unspecified atom stereocenters. The lowest BCUT2D eigenvalue weighted by Gasteiger charge is -2.27. The molecule has 4 rings (SSSR count). The summed E-state index contributed by atoms with van der Waals surface area (Å²) in [6, 6.07) is 2.23. The molecule has 2 atom stereocenters. The molecule has 2 fully saturated rings. The Bertz CT molecular complexity index is 1950. The normalized spacial score (nSPS) is 16.2. The Hall–Kier alpha value is -6.93. The first-order valence-electron chi connectivity index (χ1n) is 18.3. The molecule has 0 spiro atoms. The predicted octanol–water partition coefficient (Wildman–Crippen LogP) is 4.10. The van der Waals surface area contributed by atoms with Crippen LogP contribution in [0.15, 0.2) is 48.6 Å². The molecule has 0 aliphatic carbocycles. The van der Waals surface area contributed by atoms with Gasteiger partial charge in [0, 0.05) is 50.2 Å². The maximum Gasteiger partial charge on any atom is 0.410 e. The quantitative estimate of drug-likeness (QED) is 0.0759. The van der Waals surface area contributed by atoms with Gasteiger partial charge >= 0.3 is 29.4 Å². The third kappa shape index (κ3) is 10.6. The van der Waals surface area contributed by atoms with Crippen LogP contribution in [0.3, 0.4) is 0 Å². The van der Waals surface area contributed by atoms with E-state index in [2.05, 4.69) is 13.2 Å². The van der Waals surface area contributed by atoms with Crippen molar-refractivity contribution < 1.29 is 67.0 Å². The molecule has 0 N–H and O–H groups in total. The molecular weight excluding hydrogens is 794 g/mol. The fraction of sp³-hybridized carbons (Fsp3) is 0.462. The summed E-state index contributed by atoms with van der Waals surface area (Å²) in [6.07, 6.45) is -0.537. The summed E-state index contributed by atoms with van der Waals surface area (Å²) in [6.45, 7) is 11.4. The average Bonchev–Trinajstić information content (AvgIpc) is 3.79. The monoisotopic (exact) mass is 841 g/mol. The molecule has 324 valence electrons. The van der Waals surface area contributed by atoms with E-state index >= 15 is 0 Å². The van der Waals surface area contributed by atoms with Gasteiger partial charge in [0.25, 0.3) is 11.8 Å².